The Labute approximate surface area is 307 Å². The lowest BCUT2D eigenvalue weighted by Crippen LogP contribution is -2.15. The third kappa shape index (κ3) is 4.30. The van der Waals surface area contributed by atoms with Gasteiger partial charge in [-0.2, -0.15) is 0 Å². The van der Waals surface area contributed by atoms with Crippen molar-refractivity contribution in [2.24, 2.45) is 0 Å². The minimum absolute atomic E-state index is 0.160. The van der Waals surface area contributed by atoms with Crippen molar-refractivity contribution >= 4 is 43.6 Å². The van der Waals surface area contributed by atoms with Crippen molar-refractivity contribution in [3.8, 4) is 45.3 Å². The van der Waals surface area contributed by atoms with Crippen LogP contribution in [0.25, 0.3) is 88.9 Å². The molecule has 4 heteroatoms. The number of aromatic nitrogens is 4. The molecular formula is C49H34N4. The second-order valence-corrected chi connectivity index (χ2v) is 14.6. The highest BCUT2D eigenvalue weighted by atomic mass is 15.2. The number of rotatable bonds is 4. The molecule has 0 N–H and O–H groups in total. The molecule has 0 saturated heterocycles. The Morgan fingerprint density at radius 1 is 0.434 bits per heavy atom. The molecule has 11 rings (SSSR count). The average molecular weight is 679 g/mol. The monoisotopic (exact) mass is 678 g/mol. The van der Waals surface area contributed by atoms with E-state index in [1.165, 1.54) is 54.8 Å². The summed E-state index contributed by atoms with van der Waals surface area (Å²) in [5.41, 5.74) is 14.8. The molecule has 0 aliphatic heterocycles. The first kappa shape index (κ1) is 29.9. The van der Waals surface area contributed by atoms with Gasteiger partial charge in [-0.1, -0.05) is 135 Å². The normalized spacial score (nSPS) is 13.2. The molecule has 53 heavy (non-hydrogen) atoms. The zero-order valence-electron chi connectivity index (χ0n) is 29.5. The Bertz CT molecular complexity index is 3080. The zero-order valence-corrected chi connectivity index (χ0v) is 29.5. The summed E-state index contributed by atoms with van der Waals surface area (Å²) in [4.78, 5) is 10.8. The third-order valence-corrected chi connectivity index (χ3v) is 11.3. The SMILES string of the molecule is CC1(C)c2ccccc2-c2ccc3c(c21)c1ccccc1n3-c1nc(-c2ccccc2)cc(-c2ccc3c(c2)c2ccccc2n3-c2ccccc2)n1. The summed E-state index contributed by atoms with van der Waals surface area (Å²) in [5.74, 6) is 0.660. The van der Waals surface area contributed by atoms with Gasteiger partial charge in [-0.15, -0.1) is 0 Å². The zero-order chi connectivity index (χ0) is 35.3. The van der Waals surface area contributed by atoms with Crippen molar-refractivity contribution in [2.75, 3.05) is 0 Å². The van der Waals surface area contributed by atoms with Crippen LogP contribution < -0.4 is 0 Å². The van der Waals surface area contributed by atoms with E-state index in [4.69, 9.17) is 9.97 Å². The Morgan fingerprint density at radius 3 is 1.83 bits per heavy atom. The van der Waals surface area contributed by atoms with Gasteiger partial charge in [-0.05, 0) is 70.8 Å². The van der Waals surface area contributed by atoms with Crippen molar-refractivity contribution in [1.82, 2.24) is 19.1 Å². The summed E-state index contributed by atoms with van der Waals surface area (Å²) < 4.78 is 4.63. The fraction of sp³-hybridized carbons (Fsp3) is 0.0612. The highest BCUT2D eigenvalue weighted by molar-refractivity contribution is 6.14. The summed E-state index contributed by atoms with van der Waals surface area (Å²) in [6.07, 6.45) is 0. The molecule has 3 heterocycles. The molecule has 3 aromatic heterocycles. The predicted octanol–water partition coefficient (Wildman–Crippen LogP) is 12.3. The molecule has 10 aromatic rings. The van der Waals surface area contributed by atoms with Gasteiger partial charge >= 0.3 is 0 Å². The van der Waals surface area contributed by atoms with Gasteiger partial charge in [-0.3, -0.25) is 4.57 Å². The number of fused-ring (bicyclic) bond motifs is 10. The van der Waals surface area contributed by atoms with Crippen molar-refractivity contribution in [1.29, 1.82) is 0 Å². The van der Waals surface area contributed by atoms with Gasteiger partial charge in [0.15, 0.2) is 0 Å². The molecule has 4 nitrogen and oxygen atoms in total. The van der Waals surface area contributed by atoms with Crippen LogP contribution in [-0.4, -0.2) is 19.1 Å². The van der Waals surface area contributed by atoms with Crippen LogP contribution in [0.15, 0.2) is 170 Å². The van der Waals surface area contributed by atoms with Crippen molar-refractivity contribution in [3.05, 3.63) is 181 Å². The summed E-state index contributed by atoms with van der Waals surface area (Å²) in [6, 6.07) is 60.8. The largest absolute Gasteiger partial charge is 0.309 e. The van der Waals surface area contributed by atoms with E-state index in [1.807, 2.05) is 0 Å². The number of hydrogen-bond acceptors (Lipinski definition) is 2. The van der Waals surface area contributed by atoms with Gasteiger partial charge < -0.3 is 4.57 Å². The minimum Gasteiger partial charge on any atom is -0.309 e. The van der Waals surface area contributed by atoms with E-state index < -0.39 is 0 Å². The van der Waals surface area contributed by atoms with E-state index in [-0.39, 0.29) is 5.41 Å². The van der Waals surface area contributed by atoms with Gasteiger partial charge in [0.05, 0.1) is 33.5 Å². The second kappa shape index (κ2) is 11.1. The van der Waals surface area contributed by atoms with Crippen LogP contribution in [-0.2, 0) is 5.41 Å². The van der Waals surface area contributed by atoms with Crippen LogP contribution >= 0.6 is 0 Å². The van der Waals surface area contributed by atoms with E-state index in [9.17, 15) is 0 Å². The van der Waals surface area contributed by atoms with Crippen LogP contribution in [0.1, 0.15) is 25.0 Å². The molecule has 0 saturated carbocycles. The molecule has 1 aliphatic carbocycles. The highest BCUT2D eigenvalue weighted by Gasteiger charge is 2.38. The molecule has 0 spiro atoms. The Kier molecular flexibility index (Phi) is 6.27. The summed E-state index contributed by atoms with van der Waals surface area (Å²) in [6.45, 7) is 4.72. The van der Waals surface area contributed by atoms with Crippen LogP contribution in [0.3, 0.4) is 0 Å². The van der Waals surface area contributed by atoms with Crippen LogP contribution in [0, 0.1) is 0 Å². The summed E-state index contributed by atoms with van der Waals surface area (Å²) in [7, 11) is 0. The van der Waals surface area contributed by atoms with Gasteiger partial charge in [-0.25, -0.2) is 9.97 Å². The van der Waals surface area contributed by atoms with Crippen LogP contribution in [0.2, 0.25) is 0 Å². The van der Waals surface area contributed by atoms with Crippen molar-refractivity contribution < 1.29 is 0 Å². The maximum Gasteiger partial charge on any atom is 0.235 e. The van der Waals surface area contributed by atoms with E-state index in [2.05, 4.69) is 193 Å². The number of nitrogens with zero attached hydrogens (tertiary/aromatic N) is 4. The third-order valence-electron chi connectivity index (χ3n) is 11.3. The van der Waals surface area contributed by atoms with E-state index in [0.29, 0.717) is 5.95 Å². The quantitative estimate of drug-likeness (QED) is 0.186. The smallest absolute Gasteiger partial charge is 0.235 e. The number of benzene rings is 7. The van der Waals surface area contributed by atoms with Crippen molar-refractivity contribution in [2.45, 2.75) is 19.3 Å². The van der Waals surface area contributed by atoms with Crippen molar-refractivity contribution in [3.63, 3.8) is 0 Å². The number of para-hydroxylation sites is 3. The first-order chi connectivity index (χ1) is 26.1. The second-order valence-electron chi connectivity index (χ2n) is 14.6. The summed E-state index contributed by atoms with van der Waals surface area (Å²) >= 11 is 0. The highest BCUT2D eigenvalue weighted by Crippen LogP contribution is 2.53. The lowest BCUT2D eigenvalue weighted by atomic mass is 9.80. The molecule has 0 fully saturated rings. The first-order valence-electron chi connectivity index (χ1n) is 18.3. The maximum atomic E-state index is 5.44. The first-order valence-corrected chi connectivity index (χ1v) is 18.3. The standard InChI is InChI=1S/C49H34N4/c1-49(2)39-22-12-9-19-34(39)36-26-28-45-46(47(36)49)37-21-11-14-24-43(37)53(45)48-50-40(31-15-5-3-6-16-31)30-41(51-48)32-25-27-44-38(29-32)35-20-10-13-23-42(35)52(44)33-17-7-4-8-18-33/h3-30H,1-2H3. The van der Waals surface area contributed by atoms with Crippen LogP contribution in [0.4, 0.5) is 0 Å². The lowest BCUT2D eigenvalue weighted by Gasteiger charge is -2.22. The predicted molar refractivity (Wildman–Crippen MR) is 219 cm³/mol. The fourth-order valence-electron chi connectivity index (χ4n) is 8.97. The van der Waals surface area contributed by atoms with E-state index >= 15 is 0 Å². The molecule has 0 amide bonds. The van der Waals surface area contributed by atoms with Crippen LogP contribution in [0.5, 0.6) is 0 Å². The van der Waals surface area contributed by atoms with Gasteiger partial charge in [0.1, 0.15) is 0 Å². The minimum atomic E-state index is -0.160. The maximum absolute atomic E-state index is 5.44. The molecule has 0 unspecified atom stereocenters. The molecule has 250 valence electrons. The van der Waals surface area contributed by atoms with Gasteiger partial charge in [0, 0.05) is 43.8 Å². The fourth-order valence-corrected chi connectivity index (χ4v) is 8.97. The Hall–Kier alpha value is -6.78. The molecular weight excluding hydrogens is 645 g/mol. The van der Waals surface area contributed by atoms with Gasteiger partial charge in [0.25, 0.3) is 0 Å². The Balaban J connectivity index is 1.18. The average Bonchev–Trinajstić information content (AvgIpc) is 3.81. The molecule has 0 atom stereocenters. The topological polar surface area (TPSA) is 35.6 Å². The van der Waals surface area contributed by atoms with Gasteiger partial charge in [0.2, 0.25) is 5.95 Å². The number of hydrogen-bond donors (Lipinski definition) is 0. The van der Waals surface area contributed by atoms with E-state index in [0.717, 1.165) is 39.2 Å². The van der Waals surface area contributed by atoms with E-state index in [1.54, 1.807) is 0 Å². The molecule has 7 aromatic carbocycles. The summed E-state index contributed by atoms with van der Waals surface area (Å²) in [5, 5.41) is 4.89. The molecule has 0 bridgehead atoms. The molecule has 1 aliphatic rings. The lowest BCUT2D eigenvalue weighted by molar-refractivity contribution is 0.666. The Morgan fingerprint density at radius 2 is 1.04 bits per heavy atom. The molecule has 0 radical (unpaired) electrons.